The first-order chi connectivity index (χ1) is 7.11. The Morgan fingerprint density at radius 2 is 1.60 bits per heavy atom. The zero-order valence-electron chi connectivity index (χ0n) is 11.3. The Morgan fingerprint density at radius 1 is 1.07 bits per heavy atom. The molecule has 0 unspecified atom stereocenters. The van der Waals surface area contributed by atoms with E-state index in [1.165, 1.54) is 25.7 Å². The number of hydrogen-bond donors (Lipinski definition) is 1. The molecule has 0 atom stereocenters. The first-order valence-electron chi connectivity index (χ1n) is 6.55. The molecular weight excluding hydrogens is 184 g/mol. The van der Waals surface area contributed by atoms with Gasteiger partial charge in [-0.2, -0.15) is 0 Å². The molecule has 2 nitrogen and oxygen atoms in total. The molecule has 0 heterocycles. The Hall–Kier alpha value is -0.0800. The Balaban J connectivity index is 3.60. The third-order valence-corrected chi connectivity index (χ3v) is 3.05. The van der Waals surface area contributed by atoms with Gasteiger partial charge < -0.3 is 10.2 Å². The highest BCUT2D eigenvalue weighted by Gasteiger charge is 2.07. The molecule has 0 aliphatic carbocycles. The smallest absolute Gasteiger partial charge is 0.0107 e. The van der Waals surface area contributed by atoms with Crippen LogP contribution in [0, 0.1) is 0 Å². The van der Waals surface area contributed by atoms with Crippen molar-refractivity contribution in [2.45, 2.75) is 65.5 Å². The molecule has 0 radical (unpaired) electrons. The van der Waals surface area contributed by atoms with Crippen LogP contribution in [0.2, 0.25) is 0 Å². The predicted octanol–water partition coefficient (Wildman–Crippen LogP) is 2.89. The SMILES string of the molecule is CCCC(CCC)NCCN(C)C(C)C. The molecular formula is C13H30N2. The predicted molar refractivity (Wildman–Crippen MR) is 69.4 cm³/mol. The zero-order valence-corrected chi connectivity index (χ0v) is 11.3. The van der Waals surface area contributed by atoms with Crippen LogP contribution < -0.4 is 5.32 Å². The van der Waals surface area contributed by atoms with Gasteiger partial charge in [0, 0.05) is 25.2 Å². The Kier molecular flexibility index (Phi) is 9.12. The lowest BCUT2D eigenvalue weighted by molar-refractivity contribution is 0.266. The van der Waals surface area contributed by atoms with Gasteiger partial charge in [-0.3, -0.25) is 0 Å². The molecule has 0 saturated heterocycles. The highest BCUT2D eigenvalue weighted by Crippen LogP contribution is 2.04. The van der Waals surface area contributed by atoms with E-state index in [0.29, 0.717) is 6.04 Å². The van der Waals surface area contributed by atoms with E-state index in [1.807, 2.05) is 0 Å². The maximum atomic E-state index is 3.67. The average Bonchev–Trinajstić information content (AvgIpc) is 2.18. The van der Waals surface area contributed by atoms with Gasteiger partial charge in [-0.05, 0) is 33.7 Å². The summed E-state index contributed by atoms with van der Waals surface area (Å²) in [7, 11) is 2.20. The van der Waals surface area contributed by atoms with Gasteiger partial charge in [0.2, 0.25) is 0 Å². The van der Waals surface area contributed by atoms with Crippen LogP contribution in [0.4, 0.5) is 0 Å². The Bertz CT molecular complexity index is 128. The molecule has 0 aromatic heterocycles. The third kappa shape index (κ3) is 7.80. The lowest BCUT2D eigenvalue weighted by Gasteiger charge is -2.23. The molecule has 0 amide bonds. The van der Waals surface area contributed by atoms with Crippen LogP contribution in [0.3, 0.4) is 0 Å². The lowest BCUT2D eigenvalue weighted by atomic mass is 10.1. The molecule has 0 aromatic carbocycles. The summed E-state index contributed by atoms with van der Waals surface area (Å²) in [5, 5.41) is 3.67. The Labute approximate surface area is 96.4 Å². The molecule has 2 heteroatoms. The summed E-state index contributed by atoms with van der Waals surface area (Å²) >= 11 is 0. The summed E-state index contributed by atoms with van der Waals surface area (Å²) in [6, 6.07) is 1.39. The van der Waals surface area contributed by atoms with Crippen LogP contribution in [0.5, 0.6) is 0 Å². The third-order valence-electron chi connectivity index (χ3n) is 3.05. The van der Waals surface area contributed by atoms with Crippen molar-refractivity contribution in [2.75, 3.05) is 20.1 Å². The van der Waals surface area contributed by atoms with Gasteiger partial charge >= 0.3 is 0 Å². The number of hydrogen-bond acceptors (Lipinski definition) is 2. The van der Waals surface area contributed by atoms with Crippen LogP contribution >= 0.6 is 0 Å². The lowest BCUT2D eigenvalue weighted by Crippen LogP contribution is -2.38. The van der Waals surface area contributed by atoms with Crippen LogP contribution in [0.1, 0.15) is 53.4 Å². The van der Waals surface area contributed by atoms with Crippen molar-refractivity contribution in [3.8, 4) is 0 Å². The largest absolute Gasteiger partial charge is 0.313 e. The first-order valence-corrected chi connectivity index (χ1v) is 6.55. The summed E-state index contributed by atoms with van der Waals surface area (Å²) in [5.41, 5.74) is 0. The molecule has 0 aromatic rings. The second-order valence-electron chi connectivity index (χ2n) is 4.80. The van der Waals surface area contributed by atoms with E-state index in [9.17, 15) is 0 Å². The standard InChI is InChI=1S/C13H30N2/c1-6-8-13(9-7-2)14-10-11-15(5)12(3)4/h12-14H,6-11H2,1-5H3. The van der Waals surface area contributed by atoms with Gasteiger partial charge in [0.25, 0.3) is 0 Å². The van der Waals surface area contributed by atoms with Crippen molar-refractivity contribution < 1.29 is 0 Å². The summed E-state index contributed by atoms with van der Waals surface area (Å²) in [6.45, 7) is 11.3. The van der Waals surface area contributed by atoms with Gasteiger partial charge in [0.1, 0.15) is 0 Å². The fraction of sp³-hybridized carbons (Fsp3) is 1.00. The van der Waals surface area contributed by atoms with E-state index >= 15 is 0 Å². The topological polar surface area (TPSA) is 15.3 Å². The van der Waals surface area contributed by atoms with Crippen molar-refractivity contribution in [3.05, 3.63) is 0 Å². The molecule has 92 valence electrons. The molecule has 0 spiro atoms. The number of nitrogens with zero attached hydrogens (tertiary/aromatic N) is 1. The number of rotatable bonds is 9. The molecule has 0 fully saturated rings. The fourth-order valence-corrected chi connectivity index (χ4v) is 1.75. The minimum Gasteiger partial charge on any atom is -0.313 e. The van der Waals surface area contributed by atoms with Crippen molar-refractivity contribution >= 4 is 0 Å². The second-order valence-corrected chi connectivity index (χ2v) is 4.80. The number of nitrogens with one attached hydrogen (secondary N) is 1. The maximum Gasteiger partial charge on any atom is 0.0107 e. The summed E-state index contributed by atoms with van der Waals surface area (Å²) < 4.78 is 0. The van der Waals surface area contributed by atoms with Gasteiger partial charge in [0.15, 0.2) is 0 Å². The minimum absolute atomic E-state index is 0.655. The highest BCUT2D eigenvalue weighted by atomic mass is 15.1. The minimum atomic E-state index is 0.655. The highest BCUT2D eigenvalue weighted by molar-refractivity contribution is 4.67. The Morgan fingerprint density at radius 3 is 2.00 bits per heavy atom. The summed E-state index contributed by atoms with van der Waals surface area (Å²) in [4.78, 5) is 2.39. The van der Waals surface area contributed by atoms with E-state index in [4.69, 9.17) is 0 Å². The molecule has 0 aliphatic rings. The average molecular weight is 214 g/mol. The van der Waals surface area contributed by atoms with E-state index < -0.39 is 0 Å². The van der Waals surface area contributed by atoms with Crippen LogP contribution in [0.15, 0.2) is 0 Å². The second kappa shape index (κ2) is 9.17. The normalized spacial score (nSPS) is 12.0. The quantitative estimate of drug-likeness (QED) is 0.635. The van der Waals surface area contributed by atoms with Gasteiger partial charge in [-0.25, -0.2) is 0 Å². The summed E-state index contributed by atoms with van der Waals surface area (Å²) in [5.74, 6) is 0. The van der Waals surface area contributed by atoms with Crippen molar-refractivity contribution in [1.82, 2.24) is 10.2 Å². The van der Waals surface area contributed by atoms with Crippen LogP contribution in [-0.4, -0.2) is 37.1 Å². The maximum absolute atomic E-state index is 3.67. The molecule has 0 bridgehead atoms. The molecule has 0 saturated carbocycles. The van der Waals surface area contributed by atoms with E-state index in [1.54, 1.807) is 0 Å². The van der Waals surface area contributed by atoms with Gasteiger partial charge in [0.05, 0.1) is 0 Å². The molecule has 15 heavy (non-hydrogen) atoms. The fourth-order valence-electron chi connectivity index (χ4n) is 1.75. The van der Waals surface area contributed by atoms with Crippen molar-refractivity contribution in [1.29, 1.82) is 0 Å². The van der Waals surface area contributed by atoms with Crippen molar-refractivity contribution in [3.63, 3.8) is 0 Å². The molecule has 1 N–H and O–H groups in total. The monoisotopic (exact) mass is 214 g/mol. The van der Waals surface area contributed by atoms with Gasteiger partial charge in [-0.1, -0.05) is 26.7 Å². The van der Waals surface area contributed by atoms with E-state index in [-0.39, 0.29) is 0 Å². The first kappa shape index (κ1) is 14.9. The van der Waals surface area contributed by atoms with E-state index in [0.717, 1.165) is 19.1 Å². The van der Waals surface area contributed by atoms with Crippen LogP contribution in [0.25, 0.3) is 0 Å². The zero-order chi connectivity index (χ0) is 11.7. The van der Waals surface area contributed by atoms with Gasteiger partial charge in [-0.15, -0.1) is 0 Å². The molecule has 0 rings (SSSR count). The number of likely N-dealkylation sites (N-methyl/N-ethyl adjacent to an activating group) is 1. The van der Waals surface area contributed by atoms with E-state index in [2.05, 4.69) is 45.0 Å². The van der Waals surface area contributed by atoms with Crippen LogP contribution in [-0.2, 0) is 0 Å². The van der Waals surface area contributed by atoms with Crippen molar-refractivity contribution in [2.24, 2.45) is 0 Å². The summed E-state index contributed by atoms with van der Waals surface area (Å²) in [6.07, 6.45) is 5.22. The molecule has 0 aliphatic heterocycles.